The molecule has 2 atom stereocenters. The fourth-order valence-electron chi connectivity index (χ4n) is 4.84. The molecule has 0 aliphatic heterocycles. The monoisotopic (exact) mass is 246 g/mol. The average molecular weight is 246 g/mol. The number of rotatable bonds is 0. The summed E-state index contributed by atoms with van der Waals surface area (Å²) in [5.41, 5.74) is 6.64. The number of benzene rings is 1. The second-order valence-corrected chi connectivity index (χ2v) is 6.97. The first-order valence-electron chi connectivity index (χ1n) is 7.40. The second kappa shape index (κ2) is 2.95. The summed E-state index contributed by atoms with van der Waals surface area (Å²) in [5, 5.41) is 0. The lowest BCUT2D eigenvalue weighted by Gasteiger charge is -2.28. The Balaban J connectivity index is 1.86. The molecular formula is C19H18. The molecule has 0 aromatic heterocycles. The molecule has 0 amide bonds. The van der Waals surface area contributed by atoms with Gasteiger partial charge in [-0.1, -0.05) is 62.4 Å². The number of fused-ring (bicyclic) bond motifs is 1. The fourth-order valence-corrected chi connectivity index (χ4v) is 4.84. The zero-order chi connectivity index (χ0) is 12.8. The van der Waals surface area contributed by atoms with Gasteiger partial charge in [-0.05, 0) is 40.0 Å². The van der Waals surface area contributed by atoms with Crippen molar-refractivity contribution in [3.63, 3.8) is 0 Å². The lowest BCUT2D eigenvalue weighted by Crippen LogP contribution is -2.21. The van der Waals surface area contributed by atoms with Crippen LogP contribution in [0.1, 0.15) is 25.0 Å². The molecule has 0 nitrogen and oxygen atoms in total. The molecule has 5 aliphatic rings. The van der Waals surface area contributed by atoms with Crippen molar-refractivity contribution >= 4 is 5.57 Å². The molecule has 94 valence electrons. The third-order valence-corrected chi connectivity index (χ3v) is 5.74. The van der Waals surface area contributed by atoms with Crippen LogP contribution < -0.4 is 0 Å². The first-order valence-corrected chi connectivity index (χ1v) is 7.40. The van der Waals surface area contributed by atoms with Crippen molar-refractivity contribution in [2.75, 3.05) is 0 Å². The highest BCUT2D eigenvalue weighted by Gasteiger charge is 2.56. The molecule has 6 rings (SSSR count). The predicted octanol–water partition coefficient (Wildman–Crippen LogP) is 4.35. The highest BCUT2D eigenvalue weighted by atomic mass is 14.6. The van der Waals surface area contributed by atoms with Gasteiger partial charge in [-0.2, -0.15) is 0 Å². The van der Waals surface area contributed by atoms with Gasteiger partial charge in [-0.25, -0.2) is 0 Å². The van der Waals surface area contributed by atoms with Gasteiger partial charge in [0.25, 0.3) is 0 Å². The van der Waals surface area contributed by atoms with Crippen LogP contribution in [-0.2, 0) is 5.41 Å². The zero-order valence-corrected chi connectivity index (χ0v) is 11.4. The smallest absolute Gasteiger partial charge is 0.0172 e. The van der Waals surface area contributed by atoms with Gasteiger partial charge in [-0.3, -0.25) is 0 Å². The van der Waals surface area contributed by atoms with Crippen LogP contribution in [0.4, 0.5) is 0 Å². The van der Waals surface area contributed by atoms with E-state index in [1.54, 1.807) is 16.7 Å². The van der Waals surface area contributed by atoms with Crippen molar-refractivity contribution in [3.8, 4) is 0 Å². The van der Waals surface area contributed by atoms with Crippen LogP contribution in [0, 0.1) is 23.7 Å². The third kappa shape index (κ3) is 1.04. The maximum Gasteiger partial charge on any atom is 0.0172 e. The first-order chi connectivity index (χ1) is 9.19. The molecule has 0 heterocycles. The Morgan fingerprint density at radius 2 is 1.58 bits per heavy atom. The molecule has 1 aromatic rings. The van der Waals surface area contributed by atoms with E-state index < -0.39 is 0 Å². The lowest BCUT2D eigenvalue weighted by atomic mass is 9.75. The molecular weight excluding hydrogens is 228 g/mol. The average Bonchev–Trinajstić information content (AvgIpc) is 3.11. The van der Waals surface area contributed by atoms with Crippen LogP contribution in [0.2, 0.25) is 0 Å². The Bertz CT molecular complexity index is 664. The second-order valence-electron chi connectivity index (χ2n) is 6.97. The minimum Gasteiger partial charge on any atom is -0.0833 e. The van der Waals surface area contributed by atoms with Gasteiger partial charge in [0.2, 0.25) is 0 Å². The Morgan fingerprint density at radius 3 is 2.32 bits per heavy atom. The SMILES string of the molecule is CC1(C)C2=C(c3ccccc31)C1C3C=CC2C=CC31. The summed E-state index contributed by atoms with van der Waals surface area (Å²) in [6.45, 7) is 4.82. The van der Waals surface area contributed by atoms with Gasteiger partial charge in [0, 0.05) is 11.3 Å². The Hall–Kier alpha value is -1.56. The minimum atomic E-state index is 0.192. The summed E-state index contributed by atoms with van der Waals surface area (Å²) in [7, 11) is 0. The van der Waals surface area contributed by atoms with Gasteiger partial charge in [0.1, 0.15) is 0 Å². The van der Waals surface area contributed by atoms with Gasteiger partial charge >= 0.3 is 0 Å². The van der Waals surface area contributed by atoms with Gasteiger partial charge in [0.15, 0.2) is 0 Å². The third-order valence-electron chi connectivity index (χ3n) is 5.74. The van der Waals surface area contributed by atoms with Crippen molar-refractivity contribution < 1.29 is 0 Å². The summed E-state index contributed by atoms with van der Waals surface area (Å²) >= 11 is 0. The van der Waals surface area contributed by atoms with Crippen LogP contribution >= 0.6 is 0 Å². The summed E-state index contributed by atoms with van der Waals surface area (Å²) in [4.78, 5) is 0. The van der Waals surface area contributed by atoms with Crippen LogP contribution in [0.5, 0.6) is 0 Å². The standard InChI is InChI=1S/C19H18/c1-19(2)15-6-4-3-5-14(15)17-16-12-9-7-11(18(17)19)8-10-13(12)16/h3-13,16H,1-2H3. The molecule has 0 N–H and O–H groups in total. The van der Waals surface area contributed by atoms with E-state index in [2.05, 4.69) is 62.4 Å². The number of hydrogen-bond donors (Lipinski definition) is 0. The van der Waals surface area contributed by atoms with Crippen LogP contribution in [0.3, 0.4) is 0 Å². The molecule has 0 heteroatoms. The zero-order valence-electron chi connectivity index (χ0n) is 11.4. The summed E-state index contributed by atoms with van der Waals surface area (Å²) in [5.74, 6) is 2.83. The Labute approximate surface area is 114 Å². The summed E-state index contributed by atoms with van der Waals surface area (Å²) in [6, 6.07) is 9.08. The maximum atomic E-state index is 2.48. The molecule has 19 heavy (non-hydrogen) atoms. The predicted molar refractivity (Wildman–Crippen MR) is 78.6 cm³/mol. The Morgan fingerprint density at radius 1 is 0.895 bits per heavy atom. The minimum absolute atomic E-state index is 0.192. The molecule has 1 fully saturated rings. The molecule has 0 radical (unpaired) electrons. The van der Waals surface area contributed by atoms with Crippen molar-refractivity contribution in [1.29, 1.82) is 0 Å². The van der Waals surface area contributed by atoms with Crippen molar-refractivity contribution in [1.82, 2.24) is 0 Å². The molecule has 4 bridgehead atoms. The van der Waals surface area contributed by atoms with Crippen LogP contribution in [0.15, 0.2) is 54.1 Å². The molecule has 1 saturated carbocycles. The van der Waals surface area contributed by atoms with E-state index in [1.165, 1.54) is 5.56 Å². The van der Waals surface area contributed by atoms with Crippen LogP contribution in [0.25, 0.3) is 5.57 Å². The van der Waals surface area contributed by atoms with E-state index in [0.717, 1.165) is 17.8 Å². The highest BCUT2D eigenvalue weighted by molar-refractivity contribution is 5.85. The van der Waals surface area contributed by atoms with Crippen molar-refractivity contribution in [2.24, 2.45) is 23.7 Å². The number of allylic oxidation sites excluding steroid dienone is 6. The molecule has 2 unspecified atom stereocenters. The number of hydrogen-bond acceptors (Lipinski definition) is 0. The molecule has 5 aliphatic carbocycles. The van der Waals surface area contributed by atoms with Crippen molar-refractivity contribution in [2.45, 2.75) is 19.3 Å². The summed E-state index contributed by atoms with van der Waals surface area (Å²) in [6.07, 6.45) is 9.88. The highest BCUT2D eigenvalue weighted by Crippen LogP contribution is 2.66. The quantitative estimate of drug-likeness (QED) is 0.597. The van der Waals surface area contributed by atoms with Crippen LogP contribution in [-0.4, -0.2) is 0 Å². The molecule has 0 saturated heterocycles. The normalized spacial score (nSPS) is 38.8. The van der Waals surface area contributed by atoms with E-state index >= 15 is 0 Å². The van der Waals surface area contributed by atoms with E-state index in [9.17, 15) is 0 Å². The van der Waals surface area contributed by atoms with Gasteiger partial charge in [-0.15, -0.1) is 0 Å². The Kier molecular flexibility index (Phi) is 1.59. The molecule has 1 aromatic carbocycles. The van der Waals surface area contributed by atoms with Crippen molar-refractivity contribution in [3.05, 3.63) is 65.3 Å². The van der Waals surface area contributed by atoms with Gasteiger partial charge in [0.05, 0.1) is 0 Å². The van der Waals surface area contributed by atoms with E-state index in [4.69, 9.17) is 0 Å². The van der Waals surface area contributed by atoms with E-state index in [1.807, 2.05) is 0 Å². The largest absolute Gasteiger partial charge is 0.0833 e. The van der Waals surface area contributed by atoms with E-state index in [-0.39, 0.29) is 5.41 Å². The molecule has 0 spiro atoms. The maximum absolute atomic E-state index is 2.48. The lowest BCUT2D eigenvalue weighted by molar-refractivity contribution is 0.596. The fraction of sp³-hybridized carbons (Fsp3) is 0.368. The van der Waals surface area contributed by atoms with E-state index in [0.29, 0.717) is 5.92 Å². The summed E-state index contributed by atoms with van der Waals surface area (Å²) < 4.78 is 0. The van der Waals surface area contributed by atoms with Gasteiger partial charge < -0.3 is 0 Å². The topological polar surface area (TPSA) is 0 Å². The first kappa shape index (κ1) is 10.3.